The van der Waals surface area contributed by atoms with Crippen molar-refractivity contribution in [3.8, 4) is 16.9 Å². The molecule has 0 aliphatic heterocycles. The summed E-state index contributed by atoms with van der Waals surface area (Å²) in [4.78, 5) is 22.9. The van der Waals surface area contributed by atoms with Crippen LogP contribution in [0.2, 0.25) is 0 Å². The van der Waals surface area contributed by atoms with Crippen LogP contribution in [-0.2, 0) is 9.68 Å². The van der Waals surface area contributed by atoms with Crippen molar-refractivity contribution in [3.63, 3.8) is 0 Å². The fourth-order valence-electron chi connectivity index (χ4n) is 4.41. The Morgan fingerprint density at radius 3 is 2.41 bits per heavy atom. The second kappa shape index (κ2) is 12.8. The van der Waals surface area contributed by atoms with Crippen LogP contribution in [0, 0.1) is 6.92 Å². The molecule has 39 heavy (non-hydrogen) atoms. The molecule has 5 rings (SSSR count). The zero-order chi connectivity index (χ0) is 27.0. The minimum atomic E-state index is -0.356. The number of fused-ring (bicyclic) bond motifs is 1. The molecule has 0 radical (unpaired) electrons. The Morgan fingerprint density at radius 1 is 0.897 bits per heavy atom. The molecule has 0 amide bonds. The third kappa shape index (κ3) is 6.62. The van der Waals surface area contributed by atoms with Gasteiger partial charge >= 0.3 is 5.97 Å². The number of hydrogen-bond donors (Lipinski definition) is 0. The summed E-state index contributed by atoms with van der Waals surface area (Å²) in [5, 5.41) is 3.54. The van der Waals surface area contributed by atoms with Crippen molar-refractivity contribution in [2.24, 2.45) is 0 Å². The molecule has 0 saturated carbocycles. The van der Waals surface area contributed by atoms with Crippen molar-refractivity contribution in [2.75, 3.05) is 5.75 Å². The lowest BCUT2D eigenvalue weighted by Crippen LogP contribution is -2.07. The van der Waals surface area contributed by atoms with Crippen molar-refractivity contribution in [1.29, 1.82) is 0 Å². The molecule has 0 unspecified atom stereocenters. The van der Waals surface area contributed by atoms with Crippen molar-refractivity contribution in [1.82, 2.24) is 0 Å². The van der Waals surface area contributed by atoms with Gasteiger partial charge in [0.15, 0.2) is 5.75 Å². The summed E-state index contributed by atoms with van der Waals surface area (Å²) in [7, 11) is 0. The highest BCUT2D eigenvalue weighted by Crippen LogP contribution is 2.36. The topological polar surface area (TPSA) is 35.5 Å². The number of carbonyl (C=O) groups excluding carboxylic acids is 1. The van der Waals surface area contributed by atoms with Gasteiger partial charge in [0.2, 0.25) is 0 Å². The first-order chi connectivity index (χ1) is 19.1. The van der Waals surface area contributed by atoms with Gasteiger partial charge in [-0.25, -0.2) is 4.79 Å². The molecule has 0 aliphatic rings. The first kappa shape index (κ1) is 26.8. The third-order valence-corrected chi connectivity index (χ3v) is 8.32. The van der Waals surface area contributed by atoms with Crippen LogP contribution in [0.5, 0.6) is 5.75 Å². The largest absolute Gasteiger partial charge is 0.355 e. The summed E-state index contributed by atoms with van der Waals surface area (Å²) in [5.41, 5.74) is 7.05. The maximum atomic E-state index is 11.6. The number of carbonyl (C=O) groups is 1. The number of benzene rings is 4. The summed E-state index contributed by atoms with van der Waals surface area (Å²) >= 11 is 3.55. The van der Waals surface area contributed by atoms with E-state index in [1.165, 1.54) is 37.9 Å². The lowest BCUT2D eigenvalue weighted by molar-refractivity contribution is -0.214. The molecule has 5 heteroatoms. The Bertz CT molecular complexity index is 1580. The molecule has 0 spiro atoms. The first-order valence-corrected chi connectivity index (χ1v) is 14.9. The maximum absolute atomic E-state index is 11.6. The molecule has 0 bridgehead atoms. The van der Waals surface area contributed by atoms with Crippen LogP contribution in [0.15, 0.2) is 113 Å². The quantitative estimate of drug-likeness (QED) is 0.0985. The Morgan fingerprint density at radius 2 is 1.64 bits per heavy atom. The van der Waals surface area contributed by atoms with E-state index in [0.29, 0.717) is 12.2 Å². The van der Waals surface area contributed by atoms with E-state index in [0.717, 1.165) is 22.6 Å². The second-order valence-electron chi connectivity index (χ2n) is 9.23. The summed E-state index contributed by atoms with van der Waals surface area (Å²) < 4.78 is 1.29. The van der Waals surface area contributed by atoms with Crippen LogP contribution < -0.4 is 4.89 Å². The van der Waals surface area contributed by atoms with Gasteiger partial charge in [0, 0.05) is 32.7 Å². The number of aryl methyl sites for hydroxylation is 1. The average molecular weight is 551 g/mol. The molecule has 5 aromatic rings. The number of thioether (sulfide) groups is 1. The van der Waals surface area contributed by atoms with Crippen LogP contribution >= 0.6 is 23.1 Å². The van der Waals surface area contributed by atoms with Crippen LogP contribution in [0.25, 0.3) is 26.8 Å². The van der Waals surface area contributed by atoms with E-state index >= 15 is 0 Å². The van der Waals surface area contributed by atoms with Crippen molar-refractivity contribution < 1.29 is 14.6 Å². The fraction of sp³-hybridized carbons (Fsp3) is 0.147. The predicted octanol–water partition coefficient (Wildman–Crippen LogP) is 9.74. The van der Waals surface area contributed by atoms with Gasteiger partial charge in [-0.1, -0.05) is 85.8 Å². The summed E-state index contributed by atoms with van der Waals surface area (Å²) in [6.07, 6.45) is 3.39. The van der Waals surface area contributed by atoms with E-state index in [-0.39, 0.29) is 5.97 Å². The zero-order valence-electron chi connectivity index (χ0n) is 22.1. The Labute approximate surface area is 238 Å². The molecule has 3 nitrogen and oxygen atoms in total. The van der Waals surface area contributed by atoms with Crippen molar-refractivity contribution in [2.45, 2.75) is 31.6 Å². The van der Waals surface area contributed by atoms with E-state index in [1.54, 1.807) is 23.1 Å². The van der Waals surface area contributed by atoms with E-state index in [2.05, 4.69) is 90.3 Å². The minimum Gasteiger partial charge on any atom is -0.287 e. The van der Waals surface area contributed by atoms with E-state index in [4.69, 9.17) is 9.78 Å². The van der Waals surface area contributed by atoms with E-state index in [1.807, 2.05) is 32.0 Å². The van der Waals surface area contributed by atoms with Crippen LogP contribution in [0.3, 0.4) is 0 Å². The third-order valence-electron chi connectivity index (χ3n) is 6.44. The number of hydrogen-bond acceptors (Lipinski definition) is 5. The first-order valence-electron chi connectivity index (χ1n) is 13.1. The molecule has 1 heterocycles. The highest BCUT2D eigenvalue weighted by atomic mass is 32.2. The van der Waals surface area contributed by atoms with Gasteiger partial charge in [-0.3, -0.25) is 9.78 Å². The minimum absolute atomic E-state index is 0.343. The molecule has 4 aromatic carbocycles. The smallest absolute Gasteiger partial charge is 0.287 e. The van der Waals surface area contributed by atoms with Gasteiger partial charge in [0.25, 0.3) is 0 Å². The second-order valence-corrected chi connectivity index (χ2v) is 11.2. The number of rotatable bonds is 10. The Balaban J connectivity index is 1.37. The van der Waals surface area contributed by atoms with Crippen LogP contribution in [0.4, 0.5) is 0 Å². The molecular weight excluding hydrogens is 521 g/mol. The lowest BCUT2D eigenvalue weighted by Gasteiger charge is -2.11. The lowest BCUT2D eigenvalue weighted by atomic mass is 9.95. The van der Waals surface area contributed by atoms with Crippen LogP contribution in [0.1, 0.15) is 36.5 Å². The molecule has 0 fully saturated rings. The molecule has 1 aromatic heterocycles. The monoisotopic (exact) mass is 550 g/mol. The summed E-state index contributed by atoms with van der Waals surface area (Å²) in [5.74, 6) is 1.01. The molecule has 0 saturated heterocycles. The molecule has 0 N–H and O–H groups in total. The average Bonchev–Trinajstić information content (AvgIpc) is 3.39. The molecule has 196 valence electrons. The SMILES string of the molecule is CCCC(=O)OOc1ccc(SCC=C(c2ccc(-c3ccccc3)cc2)c2csc3ccccc23)cc1C. The van der Waals surface area contributed by atoms with Gasteiger partial charge in [0.05, 0.1) is 0 Å². The standard InChI is InChI=1S/C34H30O3S2/c1-3-9-34(35)37-36-32-19-18-28(22-24(32)2)38-21-20-29(31-23-39-33-13-8-7-12-30(31)33)27-16-14-26(15-17-27)25-10-5-4-6-11-25/h4-8,10-20,22-23H,3,9,21H2,1-2H3. The van der Waals surface area contributed by atoms with Crippen molar-refractivity contribution in [3.05, 3.63) is 125 Å². The number of thiophene rings is 1. The summed E-state index contributed by atoms with van der Waals surface area (Å²) in [6.45, 7) is 3.89. The van der Waals surface area contributed by atoms with Gasteiger partial charge in [-0.15, -0.1) is 23.1 Å². The Hall–Kier alpha value is -3.80. The zero-order valence-corrected chi connectivity index (χ0v) is 23.7. The highest BCUT2D eigenvalue weighted by Gasteiger charge is 2.12. The highest BCUT2D eigenvalue weighted by molar-refractivity contribution is 7.99. The van der Waals surface area contributed by atoms with E-state index in [9.17, 15) is 4.79 Å². The van der Waals surface area contributed by atoms with E-state index < -0.39 is 0 Å². The van der Waals surface area contributed by atoms with Gasteiger partial charge in [-0.2, -0.15) is 0 Å². The van der Waals surface area contributed by atoms with Crippen LogP contribution in [-0.4, -0.2) is 11.7 Å². The summed E-state index contributed by atoms with van der Waals surface area (Å²) in [6, 6.07) is 33.8. The molecule has 0 aliphatic carbocycles. The van der Waals surface area contributed by atoms with Gasteiger partial charge in [0.1, 0.15) is 0 Å². The van der Waals surface area contributed by atoms with Crippen molar-refractivity contribution >= 4 is 44.7 Å². The fourth-order valence-corrected chi connectivity index (χ4v) is 6.23. The Kier molecular flexibility index (Phi) is 8.82. The predicted molar refractivity (Wildman–Crippen MR) is 164 cm³/mol. The van der Waals surface area contributed by atoms with Gasteiger partial charge in [-0.05, 0) is 70.8 Å². The normalized spacial score (nSPS) is 11.5. The molecular formula is C34H30O3S2. The molecule has 0 atom stereocenters. The van der Waals surface area contributed by atoms with Gasteiger partial charge < -0.3 is 0 Å². The maximum Gasteiger partial charge on any atom is 0.355 e.